The summed E-state index contributed by atoms with van der Waals surface area (Å²) in [5.74, 6) is 0. The summed E-state index contributed by atoms with van der Waals surface area (Å²) in [6.07, 6.45) is 2.66. The number of nitrogens with two attached hydrogens (primary N) is 1. The second-order valence-electron chi connectivity index (χ2n) is 1.86. The molecule has 0 aliphatic heterocycles. The third-order valence-electron chi connectivity index (χ3n) is 1.13. The van der Waals surface area contributed by atoms with Crippen LogP contribution in [-0.2, 0) is 6.42 Å². The zero-order chi connectivity index (χ0) is 6.53. The van der Waals surface area contributed by atoms with Crippen LogP contribution in [-0.4, -0.2) is 22.5 Å². The minimum Gasteiger partial charge on any atom is -0.412 e. The molecule has 0 fully saturated rings. The van der Waals surface area contributed by atoms with E-state index in [4.69, 9.17) is 5.73 Å². The second kappa shape index (κ2) is 29.9. The van der Waals surface area contributed by atoms with Crippen molar-refractivity contribution in [3.63, 3.8) is 0 Å². The van der Waals surface area contributed by atoms with Crippen molar-refractivity contribution in [3.8, 4) is 0 Å². The Hall–Kier alpha value is 1.43. The van der Waals surface area contributed by atoms with Crippen molar-refractivity contribution in [1.29, 1.82) is 0 Å². The van der Waals surface area contributed by atoms with Gasteiger partial charge in [-0.3, -0.25) is 4.98 Å². The molecule has 0 saturated carbocycles. The van der Waals surface area contributed by atoms with Gasteiger partial charge in [-0.2, -0.15) is 0 Å². The number of aromatic nitrogens is 1. The second-order valence-corrected chi connectivity index (χ2v) is 1.86. The molecule has 0 radical (unpaired) electrons. The molecule has 6 N–H and O–H groups in total. The van der Waals surface area contributed by atoms with Crippen LogP contribution in [0, 0.1) is 0 Å². The number of pyridine rings is 1. The third kappa shape index (κ3) is 20.8. The molecule has 0 aliphatic rings. The van der Waals surface area contributed by atoms with Crippen molar-refractivity contribution in [2.24, 2.45) is 5.73 Å². The van der Waals surface area contributed by atoms with Crippen molar-refractivity contribution < 1.29 is 11.0 Å². The van der Waals surface area contributed by atoms with Crippen LogP contribution >= 0.6 is 84.9 Å². The monoisotopic (exact) mass is 558 g/mol. The fourth-order valence-electron chi connectivity index (χ4n) is 0.694. The molecule has 1 aromatic rings. The van der Waals surface area contributed by atoms with Crippen LogP contribution in [0.15, 0.2) is 24.4 Å². The zero-order valence-electron chi connectivity index (χ0n) is 8.29. The van der Waals surface area contributed by atoms with Gasteiger partial charge in [0.1, 0.15) is 0 Å². The number of hydrogen-bond donors (Lipinski definition) is 1. The van der Waals surface area contributed by atoms with Gasteiger partial charge < -0.3 is 16.7 Å². The van der Waals surface area contributed by atoms with Crippen LogP contribution in [0.3, 0.4) is 0 Å². The first-order valence-corrected chi connectivity index (χ1v) is 3.03. The Morgan fingerprint density at radius 3 is 1.75 bits per heavy atom. The molecule has 9 heteroatoms. The smallest absolute Gasteiger partial charge is 0.0416 e. The molecule has 16 heavy (non-hydrogen) atoms. The fraction of sp³-hybridized carbons (Fsp3) is 0.286. The molecule has 1 aromatic heterocycles. The highest BCUT2D eigenvalue weighted by Gasteiger charge is 1.86. The lowest BCUT2D eigenvalue weighted by molar-refractivity contribution is 0.823. The lowest BCUT2D eigenvalue weighted by atomic mass is 10.3. The van der Waals surface area contributed by atoms with Gasteiger partial charge in [0.2, 0.25) is 0 Å². The molecule has 0 aromatic carbocycles. The molecule has 0 bridgehead atoms. The summed E-state index contributed by atoms with van der Waals surface area (Å²) in [5, 5.41) is 0. The van der Waals surface area contributed by atoms with E-state index < -0.39 is 0 Å². The van der Waals surface area contributed by atoms with Crippen LogP contribution < -0.4 is 5.73 Å². The van der Waals surface area contributed by atoms with Crippen molar-refractivity contribution in [3.05, 3.63) is 30.1 Å². The summed E-state index contributed by atoms with van der Waals surface area (Å²) in [6, 6.07) is 5.85. The first-order chi connectivity index (χ1) is 4.43. The Kier molecular flexibility index (Phi) is 80.9. The Balaban J connectivity index is -0.0000000231. The van der Waals surface area contributed by atoms with Gasteiger partial charge in [0, 0.05) is 18.3 Å². The number of hydrogen-bond acceptors (Lipinski definition) is 2. The summed E-state index contributed by atoms with van der Waals surface area (Å²) < 4.78 is 0. The van der Waals surface area contributed by atoms with E-state index in [0.29, 0.717) is 6.54 Å². The van der Waals surface area contributed by atoms with Gasteiger partial charge in [0.05, 0.1) is 0 Å². The summed E-state index contributed by atoms with van der Waals surface area (Å²) in [5.41, 5.74) is 6.39. The van der Waals surface area contributed by atoms with Crippen LogP contribution in [0.5, 0.6) is 0 Å². The quantitative estimate of drug-likeness (QED) is 0.595. The maximum atomic E-state index is 5.32. The van der Waals surface area contributed by atoms with Gasteiger partial charge in [-0.05, 0) is 18.7 Å². The molecule has 1 rings (SSSR count). The molecule has 0 atom stereocenters. The van der Waals surface area contributed by atoms with Gasteiger partial charge >= 0.3 is 0 Å². The average Bonchev–Trinajstić information content (AvgIpc) is 1.91. The normalized spacial score (nSPS) is 5.31. The number of halogens is 5. The highest BCUT2D eigenvalue weighted by Crippen LogP contribution is 1.91. The molecule has 104 valence electrons. The van der Waals surface area contributed by atoms with E-state index in [9.17, 15) is 0 Å². The molecule has 1 heterocycles. The van der Waals surface area contributed by atoms with Crippen LogP contribution in [0.2, 0.25) is 0 Å². The highest BCUT2D eigenvalue weighted by atomic mass is 79.9. The fourth-order valence-corrected chi connectivity index (χ4v) is 0.694. The van der Waals surface area contributed by atoms with Crippen LogP contribution in [0.25, 0.3) is 0 Å². The molecular weight excluding hydrogens is 544 g/mol. The summed E-state index contributed by atoms with van der Waals surface area (Å²) >= 11 is 0. The van der Waals surface area contributed by atoms with Crippen molar-refractivity contribution >= 4 is 84.9 Å². The molecule has 0 aliphatic carbocycles. The zero-order valence-corrected chi connectivity index (χ0v) is 16.9. The van der Waals surface area contributed by atoms with Gasteiger partial charge in [0.15, 0.2) is 0 Å². The van der Waals surface area contributed by atoms with Crippen molar-refractivity contribution in [2.45, 2.75) is 6.42 Å². The topological polar surface area (TPSA) is 102 Å². The molecule has 4 nitrogen and oxygen atoms in total. The molecule has 0 amide bonds. The van der Waals surface area contributed by atoms with E-state index in [-0.39, 0.29) is 95.9 Å². The minimum absolute atomic E-state index is 0. The third-order valence-corrected chi connectivity index (χ3v) is 1.13. The van der Waals surface area contributed by atoms with E-state index in [1.165, 1.54) is 0 Å². The van der Waals surface area contributed by atoms with Crippen molar-refractivity contribution in [1.82, 2.24) is 4.98 Å². The SMILES string of the molecule is Br.Br.Br.Br.Br.NCCc1ccccn1.O.O. The van der Waals surface area contributed by atoms with Crippen molar-refractivity contribution in [2.75, 3.05) is 6.54 Å². The lowest BCUT2D eigenvalue weighted by Crippen LogP contribution is -2.03. The molecule has 0 unspecified atom stereocenters. The molecule has 0 spiro atoms. The van der Waals surface area contributed by atoms with Gasteiger partial charge in [-0.1, -0.05) is 6.07 Å². The number of rotatable bonds is 2. The predicted molar refractivity (Wildman–Crippen MR) is 95.8 cm³/mol. The Labute approximate surface area is 148 Å². The summed E-state index contributed by atoms with van der Waals surface area (Å²) in [4.78, 5) is 4.09. The lowest BCUT2D eigenvalue weighted by Gasteiger charge is -1.92. The van der Waals surface area contributed by atoms with Crippen LogP contribution in [0.1, 0.15) is 5.69 Å². The Morgan fingerprint density at radius 1 is 0.938 bits per heavy atom. The molecular formula is C7H19Br5N2O2. The average molecular weight is 563 g/mol. The van der Waals surface area contributed by atoms with Gasteiger partial charge in [-0.25, -0.2) is 0 Å². The maximum absolute atomic E-state index is 5.32. The highest BCUT2D eigenvalue weighted by molar-refractivity contribution is 8.93. The van der Waals surface area contributed by atoms with E-state index in [1.54, 1.807) is 6.20 Å². The largest absolute Gasteiger partial charge is 0.412 e. The Bertz CT molecular complexity index is 182. The number of nitrogens with zero attached hydrogens (tertiary/aromatic N) is 1. The van der Waals surface area contributed by atoms with E-state index in [2.05, 4.69) is 4.98 Å². The molecule has 0 saturated heterocycles. The summed E-state index contributed by atoms with van der Waals surface area (Å²) in [6.45, 7) is 0.678. The van der Waals surface area contributed by atoms with E-state index in [1.807, 2.05) is 18.2 Å². The van der Waals surface area contributed by atoms with Gasteiger partial charge in [-0.15, -0.1) is 84.9 Å². The standard InChI is InChI=1S/C7H10N2.5BrH.2H2O/c8-5-4-7-3-1-2-6-9-7;;;;;;;/h1-3,6H,4-5,8H2;5*1H;2*1H2. The minimum atomic E-state index is 0. The van der Waals surface area contributed by atoms with Crippen LogP contribution in [0.4, 0.5) is 0 Å². The van der Waals surface area contributed by atoms with Gasteiger partial charge in [0.25, 0.3) is 0 Å². The predicted octanol–water partition coefficient (Wildman–Crippen LogP) is 1.82. The van der Waals surface area contributed by atoms with E-state index in [0.717, 1.165) is 12.1 Å². The van der Waals surface area contributed by atoms with E-state index >= 15 is 0 Å². The first kappa shape index (κ1) is 43.3. The Morgan fingerprint density at radius 2 is 1.44 bits per heavy atom. The first-order valence-electron chi connectivity index (χ1n) is 3.03. The maximum Gasteiger partial charge on any atom is 0.0416 e. The summed E-state index contributed by atoms with van der Waals surface area (Å²) in [7, 11) is 0.